The molecular formula is C14H22N2O3. The molecule has 0 spiro atoms. The normalized spacial score (nSPS) is 19.7. The molecule has 1 N–H and O–H groups in total. The lowest BCUT2D eigenvalue weighted by molar-refractivity contribution is -0.139. The van der Waals surface area contributed by atoms with E-state index in [9.17, 15) is 4.79 Å². The lowest BCUT2D eigenvalue weighted by atomic mass is 10.2. The third kappa shape index (κ3) is 3.58. The van der Waals surface area contributed by atoms with Crippen molar-refractivity contribution in [2.75, 3.05) is 19.8 Å². The number of morpholine rings is 1. The number of hydrogen-bond acceptors (Lipinski definition) is 4. The lowest BCUT2D eigenvalue weighted by Crippen LogP contribution is -2.53. The van der Waals surface area contributed by atoms with E-state index in [1.165, 1.54) is 0 Å². The number of carbonyl (C=O) groups is 1. The maximum Gasteiger partial charge on any atom is 0.242 e. The van der Waals surface area contributed by atoms with Gasteiger partial charge in [0, 0.05) is 12.6 Å². The Bertz CT molecular complexity index is 422. The van der Waals surface area contributed by atoms with Crippen molar-refractivity contribution < 1.29 is 13.9 Å². The summed E-state index contributed by atoms with van der Waals surface area (Å²) < 4.78 is 10.9. The predicted octanol–water partition coefficient (Wildman–Crippen LogP) is 1.31. The molecule has 1 aromatic heterocycles. The number of amides is 1. The number of nitrogens with one attached hydrogen (secondary N) is 1. The zero-order valence-corrected chi connectivity index (χ0v) is 11.8. The Morgan fingerprint density at radius 2 is 2.32 bits per heavy atom. The summed E-state index contributed by atoms with van der Waals surface area (Å²) in [5.74, 6) is 1.75. The molecule has 1 aliphatic heterocycles. The highest BCUT2D eigenvalue weighted by Gasteiger charge is 2.28. The topological polar surface area (TPSA) is 54.7 Å². The van der Waals surface area contributed by atoms with Crippen LogP contribution >= 0.6 is 0 Å². The summed E-state index contributed by atoms with van der Waals surface area (Å²) in [4.78, 5) is 14.3. The minimum absolute atomic E-state index is 0.0729. The number of hydrogen-bond donors (Lipinski definition) is 1. The van der Waals surface area contributed by atoms with E-state index in [4.69, 9.17) is 9.15 Å². The van der Waals surface area contributed by atoms with Gasteiger partial charge in [-0.25, -0.2) is 0 Å². The largest absolute Gasteiger partial charge is 0.464 e. The third-order valence-electron chi connectivity index (χ3n) is 3.25. The van der Waals surface area contributed by atoms with Gasteiger partial charge in [-0.15, -0.1) is 0 Å². The van der Waals surface area contributed by atoms with E-state index in [-0.39, 0.29) is 18.0 Å². The Morgan fingerprint density at radius 1 is 1.53 bits per heavy atom. The standard InChI is InChI=1S/C14H22N2O3/c1-10(2)16(8-12-5-4-11(3)19-12)14(17)13-9-18-7-6-15-13/h4-5,10,13,15H,6-9H2,1-3H3. The van der Waals surface area contributed by atoms with Crippen LogP contribution in [0.15, 0.2) is 16.5 Å². The SMILES string of the molecule is Cc1ccc(CN(C(=O)C2COCCN2)C(C)C)o1. The van der Waals surface area contributed by atoms with Crippen LogP contribution in [0.4, 0.5) is 0 Å². The average Bonchev–Trinajstić information content (AvgIpc) is 2.81. The first-order chi connectivity index (χ1) is 9.08. The highest BCUT2D eigenvalue weighted by Crippen LogP contribution is 2.13. The molecule has 19 heavy (non-hydrogen) atoms. The van der Waals surface area contributed by atoms with Gasteiger partial charge in [-0.2, -0.15) is 0 Å². The molecule has 1 aliphatic rings. The molecule has 0 saturated carbocycles. The van der Waals surface area contributed by atoms with Crippen LogP contribution in [-0.4, -0.2) is 42.6 Å². The quantitative estimate of drug-likeness (QED) is 0.893. The Hall–Kier alpha value is -1.33. The Balaban J connectivity index is 2.04. The Morgan fingerprint density at radius 3 is 2.84 bits per heavy atom. The summed E-state index contributed by atoms with van der Waals surface area (Å²) in [5.41, 5.74) is 0. The van der Waals surface area contributed by atoms with Crippen LogP contribution in [0.3, 0.4) is 0 Å². The molecule has 5 nitrogen and oxygen atoms in total. The van der Waals surface area contributed by atoms with Crippen molar-refractivity contribution in [1.29, 1.82) is 0 Å². The first-order valence-corrected chi connectivity index (χ1v) is 6.75. The number of nitrogens with zero attached hydrogens (tertiary/aromatic N) is 1. The van der Waals surface area contributed by atoms with Crippen LogP contribution in [0.2, 0.25) is 0 Å². The van der Waals surface area contributed by atoms with Crippen molar-refractivity contribution in [1.82, 2.24) is 10.2 Å². The molecule has 0 aliphatic carbocycles. The van der Waals surface area contributed by atoms with Crippen molar-refractivity contribution in [2.24, 2.45) is 0 Å². The van der Waals surface area contributed by atoms with Crippen molar-refractivity contribution >= 4 is 5.91 Å². The molecule has 0 bridgehead atoms. The maximum absolute atomic E-state index is 12.5. The first-order valence-electron chi connectivity index (χ1n) is 6.75. The first kappa shape index (κ1) is 14.1. The summed E-state index contributed by atoms with van der Waals surface area (Å²) in [7, 11) is 0. The maximum atomic E-state index is 12.5. The van der Waals surface area contributed by atoms with E-state index < -0.39 is 0 Å². The number of rotatable bonds is 4. The van der Waals surface area contributed by atoms with Gasteiger partial charge in [0.25, 0.3) is 0 Å². The van der Waals surface area contributed by atoms with Gasteiger partial charge in [-0.05, 0) is 32.9 Å². The average molecular weight is 266 g/mol. The van der Waals surface area contributed by atoms with Crippen LogP contribution < -0.4 is 5.32 Å². The summed E-state index contributed by atoms with van der Waals surface area (Å²) in [6.45, 7) is 8.27. The van der Waals surface area contributed by atoms with Gasteiger partial charge in [0.15, 0.2) is 0 Å². The van der Waals surface area contributed by atoms with Crippen LogP contribution in [0, 0.1) is 6.92 Å². The Kier molecular flexibility index (Phi) is 4.61. The molecule has 2 heterocycles. The number of ether oxygens (including phenoxy) is 1. The van der Waals surface area contributed by atoms with E-state index >= 15 is 0 Å². The van der Waals surface area contributed by atoms with E-state index in [0.717, 1.165) is 18.1 Å². The van der Waals surface area contributed by atoms with Crippen LogP contribution in [-0.2, 0) is 16.1 Å². The van der Waals surface area contributed by atoms with Gasteiger partial charge in [0.05, 0.1) is 19.8 Å². The predicted molar refractivity (Wildman–Crippen MR) is 71.7 cm³/mol. The third-order valence-corrected chi connectivity index (χ3v) is 3.25. The summed E-state index contributed by atoms with van der Waals surface area (Å²) in [6, 6.07) is 3.72. The number of carbonyl (C=O) groups excluding carboxylic acids is 1. The zero-order chi connectivity index (χ0) is 13.8. The Labute approximate surface area is 113 Å². The van der Waals surface area contributed by atoms with Gasteiger partial charge >= 0.3 is 0 Å². The van der Waals surface area contributed by atoms with E-state index in [2.05, 4.69) is 5.32 Å². The molecule has 2 rings (SSSR count). The molecule has 106 valence electrons. The molecule has 1 atom stereocenters. The van der Waals surface area contributed by atoms with Crippen molar-refractivity contribution in [3.8, 4) is 0 Å². The highest BCUT2D eigenvalue weighted by molar-refractivity contribution is 5.82. The second-order valence-electron chi connectivity index (χ2n) is 5.15. The van der Waals surface area contributed by atoms with Gasteiger partial charge < -0.3 is 19.4 Å². The lowest BCUT2D eigenvalue weighted by Gasteiger charge is -2.32. The summed E-state index contributed by atoms with van der Waals surface area (Å²) in [5, 5.41) is 3.20. The second kappa shape index (κ2) is 6.21. The number of furan rings is 1. The van der Waals surface area contributed by atoms with Crippen LogP contribution in [0.1, 0.15) is 25.4 Å². The van der Waals surface area contributed by atoms with Crippen LogP contribution in [0.25, 0.3) is 0 Å². The smallest absolute Gasteiger partial charge is 0.242 e. The molecule has 1 unspecified atom stereocenters. The van der Waals surface area contributed by atoms with Gasteiger partial charge in [-0.1, -0.05) is 0 Å². The molecule has 5 heteroatoms. The minimum atomic E-state index is -0.243. The van der Waals surface area contributed by atoms with Gasteiger partial charge in [0.1, 0.15) is 17.6 Å². The fourth-order valence-electron chi connectivity index (χ4n) is 2.18. The van der Waals surface area contributed by atoms with E-state index in [1.807, 2.05) is 37.8 Å². The summed E-state index contributed by atoms with van der Waals surface area (Å²) in [6.07, 6.45) is 0. The second-order valence-corrected chi connectivity index (χ2v) is 5.15. The zero-order valence-electron chi connectivity index (χ0n) is 11.8. The van der Waals surface area contributed by atoms with Crippen molar-refractivity contribution in [2.45, 2.75) is 39.4 Å². The van der Waals surface area contributed by atoms with Gasteiger partial charge in [0.2, 0.25) is 5.91 Å². The molecule has 1 fully saturated rings. The highest BCUT2D eigenvalue weighted by atomic mass is 16.5. The molecule has 0 radical (unpaired) electrons. The van der Waals surface area contributed by atoms with Crippen LogP contribution in [0.5, 0.6) is 0 Å². The van der Waals surface area contributed by atoms with E-state index in [0.29, 0.717) is 19.8 Å². The van der Waals surface area contributed by atoms with Crippen molar-refractivity contribution in [3.05, 3.63) is 23.7 Å². The number of aryl methyl sites for hydroxylation is 1. The fourth-order valence-corrected chi connectivity index (χ4v) is 2.18. The fraction of sp³-hybridized carbons (Fsp3) is 0.643. The summed E-state index contributed by atoms with van der Waals surface area (Å²) >= 11 is 0. The monoisotopic (exact) mass is 266 g/mol. The van der Waals surface area contributed by atoms with E-state index in [1.54, 1.807) is 0 Å². The molecular weight excluding hydrogens is 244 g/mol. The minimum Gasteiger partial charge on any atom is -0.464 e. The molecule has 1 aromatic rings. The van der Waals surface area contributed by atoms with Gasteiger partial charge in [-0.3, -0.25) is 4.79 Å². The van der Waals surface area contributed by atoms with Crippen molar-refractivity contribution in [3.63, 3.8) is 0 Å². The molecule has 1 amide bonds. The molecule has 0 aromatic carbocycles. The molecule has 1 saturated heterocycles.